The maximum Gasteiger partial charge on any atom is 0.416 e. The molecule has 3 rings (SSSR count). The van der Waals surface area contributed by atoms with Gasteiger partial charge in [-0.15, -0.1) is 11.3 Å². The number of alkyl halides is 3. The number of nitrogens with one attached hydrogen (secondary N) is 1. The van der Waals surface area contributed by atoms with Crippen LogP contribution < -0.4 is 5.32 Å². The molecule has 9 heteroatoms. The smallest absolute Gasteiger partial charge is 0.376 e. The first-order valence-corrected chi connectivity index (χ1v) is 8.88. The van der Waals surface area contributed by atoms with Crippen LogP contribution in [0.2, 0.25) is 0 Å². The van der Waals surface area contributed by atoms with E-state index >= 15 is 0 Å². The highest BCUT2D eigenvalue weighted by molar-refractivity contribution is 7.13. The number of carbonyl (C=O) groups excluding carboxylic acids is 1. The van der Waals surface area contributed by atoms with Crippen molar-refractivity contribution in [2.24, 2.45) is 0 Å². The summed E-state index contributed by atoms with van der Waals surface area (Å²) < 4.78 is 48.5. The van der Waals surface area contributed by atoms with Gasteiger partial charge in [0, 0.05) is 17.5 Å². The van der Waals surface area contributed by atoms with E-state index in [9.17, 15) is 18.0 Å². The summed E-state index contributed by atoms with van der Waals surface area (Å²) in [7, 11) is 0. The molecular weight excluding hydrogens is 369 g/mol. The van der Waals surface area contributed by atoms with Crippen LogP contribution in [0.3, 0.4) is 0 Å². The minimum absolute atomic E-state index is 0.102. The van der Waals surface area contributed by atoms with Gasteiger partial charge in [0.15, 0.2) is 0 Å². The van der Waals surface area contributed by atoms with Gasteiger partial charge in [-0.2, -0.15) is 13.2 Å². The minimum atomic E-state index is -4.36. The number of halogens is 3. The Labute approximate surface area is 152 Å². The summed E-state index contributed by atoms with van der Waals surface area (Å²) in [5.41, 5.74) is 0.456. The number of benzene rings is 1. The largest absolute Gasteiger partial charge is 0.416 e. The molecule has 1 saturated heterocycles. The van der Waals surface area contributed by atoms with Gasteiger partial charge in [-0.1, -0.05) is 12.1 Å². The van der Waals surface area contributed by atoms with Crippen molar-refractivity contribution in [3.8, 4) is 10.6 Å². The van der Waals surface area contributed by atoms with Crippen molar-refractivity contribution in [1.82, 2.24) is 10.3 Å². The molecule has 1 atom stereocenters. The molecule has 0 aliphatic carbocycles. The third kappa shape index (κ3) is 5.03. The number of aromatic nitrogens is 1. The molecule has 0 bridgehead atoms. The quantitative estimate of drug-likeness (QED) is 0.859. The molecule has 5 nitrogen and oxygen atoms in total. The van der Waals surface area contributed by atoms with E-state index in [4.69, 9.17) is 9.47 Å². The maximum atomic E-state index is 12.6. The zero-order valence-electron chi connectivity index (χ0n) is 13.7. The first-order valence-electron chi connectivity index (χ1n) is 8.00. The number of carbonyl (C=O) groups is 1. The molecular formula is C17H17F3N2O3S. The van der Waals surface area contributed by atoms with E-state index in [-0.39, 0.29) is 18.4 Å². The standard InChI is InChI=1S/C17H17F3N2O3S/c18-17(19,20)12-3-1-11(2-4-12)16-22-13(10-26-16)7-15(23)21-8-14-9-24-5-6-25-14/h1-4,10,14H,5-9H2,(H,21,23)/t14-/m1/s1. The van der Waals surface area contributed by atoms with Gasteiger partial charge in [0.2, 0.25) is 5.91 Å². The van der Waals surface area contributed by atoms with E-state index in [0.717, 1.165) is 12.1 Å². The highest BCUT2D eigenvalue weighted by atomic mass is 32.1. The van der Waals surface area contributed by atoms with Gasteiger partial charge in [-0.3, -0.25) is 4.79 Å². The Morgan fingerprint density at radius 1 is 1.27 bits per heavy atom. The van der Waals surface area contributed by atoms with E-state index in [1.165, 1.54) is 23.5 Å². The van der Waals surface area contributed by atoms with Crippen LogP contribution in [0.25, 0.3) is 10.6 Å². The molecule has 0 radical (unpaired) electrons. The van der Waals surface area contributed by atoms with Crippen LogP contribution in [-0.4, -0.2) is 43.4 Å². The van der Waals surface area contributed by atoms with Crippen molar-refractivity contribution in [2.75, 3.05) is 26.4 Å². The summed E-state index contributed by atoms with van der Waals surface area (Å²) in [4.78, 5) is 16.3. The molecule has 1 N–H and O–H groups in total. The normalized spacial score (nSPS) is 17.9. The molecule has 0 spiro atoms. The highest BCUT2D eigenvalue weighted by Gasteiger charge is 2.30. The van der Waals surface area contributed by atoms with Crippen LogP contribution in [0.5, 0.6) is 0 Å². The Bertz CT molecular complexity index is 740. The maximum absolute atomic E-state index is 12.6. The number of hydrogen-bond acceptors (Lipinski definition) is 5. The predicted octanol–water partition coefficient (Wildman–Crippen LogP) is 2.90. The third-order valence-corrected chi connectivity index (χ3v) is 4.70. The van der Waals surface area contributed by atoms with Crippen LogP contribution in [0.15, 0.2) is 29.6 Å². The molecule has 0 saturated carbocycles. The first kappa shape index (κ1) is 18.8. The Hall–Kier alpha value is -1.97. The summed E-state index contributed by atoms with van der Waals surface area (Å²) in [5.74, 6) is -0.191. The number of thiazole rings is 1. The summed E-state index contributed by atoms with van der Waals surface area (Å²) in [6.45, 7) is 1.91. The minimum Gasteiger partial charge on any atom is -0.376 e. The molecule has 1 aliphatic heterocycles. The van der Waals surface area contributed by atoms with Crippen LogP contribution in [0.1, 0.15) is 11.3 Å². The van der Waals surface area contributed by atoms with Crippen LogP contribution in [0, 0.1) is 0 Å². The lowest BCUT2D eigenvalue weighted by Gasteiger charge is -2.22. The third-order valence-electron chi connectivity index (χ3n) is 3.76. The predicted molar refractivity (Wildman–Crippen MR) is 89.8 cm³/mol. The van der Waals surface area contributed by atoms with Crippen molar-refractivity contribution in [1.29, 1.82) is 0 Å². The van der Waals surface area contributed by atoms with Gasteiger partial charge >= 0.3 is 6.18 Å². The summed E-state index contributed by atoms with van der Waals surface area (Å²) >= 11 is 1.29. The summed E-state index contributed by atoms with van der Waals surface area (Å²) in [6, 6.07) is 4.81. The van der Waals surface area contributed by atoms with Crippen LogP contribution in [0.4, 0.5) is 13.2 Å². The number of nitrogens with zero attached hydrogens (tertiary/aromatic N) is 1. The average molecular weight is 386 g/mol. The van der Waals surface area contributed by atoms with Crippen LogP contribution in [-0.2, 0) is 26.9 Å². The Morgan fingerprint density at radius 2 is 2.04 bits per heavy atom. The van der Waals surface area contributed by atoms with Crippen molar-refractivity contribution in [3.63, 3.8) is 0 Å². The molecule has 1 aromatic heterocycles. The molecule has 26 heavy (non-hydrogen) atoms. The fourth-order valence-electron chi connectivity index (χ4n) is 2.43. The molecule has 2 heterocycles. The molecule has 2 aromatic rings. The van der Waals surface area contributed by atoms with E-state index < -0.39 is 11.7 Å². The summed E-state index contributed by atoms with van der Waals surface area (Å²) in [6.07, 6.45) is -4.41. The first-order chi connectivity index (χ1) is 12.4. The van der Waals surface area contributed by atoms with Crippen LogP contribution >= 0.6 is 11.3 Å². The second kappa shape index (κ2) is 8.15. The zero-order chi connectivity index (χ0) is 18.6. The molecule has 1 aliphatic rings. The Morgan fingerprint density at radius 3 is 2.69 bits per heavy atom. The lowest BCUT2D eigenvalue weighted by molar-refractivity contribution is -0.137. The van der Waals surface area contributed by atoms with Gasteiger partial charge in [0.25, 0.3) is 0 Å². The van der Waals surface area contributed by atoms with Gasteiger partial charge in [0.1, 0.15) is 5.01 Å². The zero-order valence-corrected chi connectivity index (χ0v) is 14.5. The molecule has 140 valence electrons. The van der Waals surface area contributed by atoms with Crippen molar-refractivity contribution in [3.05, 3.63) is 40.9 Å². The second-order valence-electron chi connectivity index (χ2n) is 5.77. The fourth-order valence-corrected chi connectivity index (χ4v) is 3.26. The molecule has 1 amide bonds. The molecule has 1 aromatic carbocycles. The van der Waals surface area contributed by atoms with Crippen molar-refractivity contribution in [2.45, 2.75) is 18.7 Å². The molecule has 1 fully saturated rings. The average Bonchev–Trinajstić information content (AvgIpc) is 3.09. The Kier molecular flexibility index (Phi) is 5.90. The monoisotopic (exact) mass is 386 g/mol. The van der Waals surface area contributed by atoms with Crippen molar-refractivity contribution >= 4 is 17.2 Å². The van der Waals surface area contributed by atoms with Gasteiger partial charge in [0.05, 0.1) is 43.6 Å². The van der Waals surface area contributed by atoms with Gasteiger partial charge in [-0.25, -0.2) is 4.98 Å². The number of rotatable bonds is 5. The SMILES string of the molecule is O=C(Cc1csc(-c2ccc(C(F)(F)F)cc2)n1)NC[C@@H]1COCCO1. The second-order valence-corrected chi connectivity index (χ2v) is 6.63. The van der Waals surface area contributed by atoms with Crippen molar-refractivity contribution < 1.29 is 27.4 Å². The fraction of sp³-hybridized carbons (Fsp3) is 0.412. The highest BCUT2D eigenvalue weighted by Crippen LogP contribution is 2.31. The molecule has 0 unspecified atom stereocenters. The van der Waals surface area contributed by atoms with E-state index in [0.29, 0.717) is 42.6 Å². The van der Waals surface area contributed by atoms with Gasteiger partial charge < -0.3 is 14.8 Å². The number of amides is 1. The lowest BCUT2D eigenvalue weighted by atomic mass is 10.1. The number of ether oxygens (including phenoxy) is 2. The van der Waals surface area contributed by atoms with E-state index in [2.05, 4.69) is 10.3 Å². The van der Waals surface area contributed by atoms with E-state index in [1.807, 2.05) is 0 Å². The Balaban J connectivity index is 1.54. The van der Waals surface area contributed by atoms with E-state index in [1.54, 1.807) is 5.38 Å². The topological polar surface area (TPSA) is 60.5 Å². The summed E-state index contributed by atoms with van der Waals surface area (Å²) in [5, 5.41) is 5.07. The lowest BCUT2D eigenvalue weighted by Crippen LogP contribution is -2.40. The number of hydrogen-bond donors (Lipinski definition) is 1. The van der Waals surface area contributed by atoms with Gasteiger partial charge in [-0.05, 0) is 12.1 Å².